The molecule has 0 spiro atoms. The minimum Gasteiger partial charge on any atom is -0.481 e. The lowest BCUT2D eigenvalue weighted by Crippen LogP contribution is -2.01. The Morgan fingerprint density at radius 3 is 2.94 bits per heavy atom. The zero-order valence-electron chi connectivity index (χ0n) is 10.2. The summed E-state index contributed by atoms with van der Waals surface area (Å²) >= 11 is 4.48. The largest absolute Gasteiger partial charge is 0.481 e. The summed E-state index contributed by atoms with van der Waals surface area (Å²) in [5.41, 5.74) is 0. The monoisotopic (exact) mass is 307 g/mol. The van der Waals surface area contributed by atoms with Crippen molar-refractivity contribution < 1.29 is 9.90 Å². The number of nitrogens with zero attached hydrogens (tertiary/aromatic N) is 2. The SMILES string of the molecule is CSCCCCCNc1nnc(SCC(=O)O)s1. The van der Waals surface area contributed by atoms with Gasteiger partial charge in [0.05, 0.1) is 5.75 Å². The number of unbranched alkanes of at least 4 members (excludes halogenated alkanes) is 2. The molecule has 2 N–H and O–H groups in total. The Morgan fingerprint density at radius 2 is 2.22 bits per heavy atom. The first-order chi connectivity index (χ1) is 8.72. The predicted octanol–water partition coefficient (Wildman–Crippen LogP) is 2.66. The van der Waals surface area contributed by atoms with Gasteiger partial charge in [0, 0.05) is 6.54 Å². The van der Waals surface area contributed by atoms with Gasteiger partial charge in [0.2, 0.25) is 5.13 Å². The summed E-state index contributed by atoms with van der Waals surface area (Å²) in [4.78, 5) is 10.4. The van der Waals surface area contributed by atoms with E-state index in [0.29, 0.717) is 4.34 Å². The van der Waals surface area contributed by atoms with Crippen LogP contribution in [0.25, 0.3) is 0 Å². The van der Waals surface area contributed by atoms with Crippen molar-refractivity contribution in [3.63, 3.8) is 0 Å². The van der Waals surface area contributed by atoms with Gasteiger partial charge in [0.15, 0.2) is 4.34 Å². The Morgan fingerprint density at radius 1 is 1.39 bits per heavy atom. The number of rotatable bonds is 10. The first-order valence-electron chi connectivity index (χ1n) is 5.63. The predicted molar refractivity (Wildman–Crippen MR) is 79.0 cm³/mol. The molecule has 1 rings (SSSR count). The van der Waals surface area contributed by atoms with Crippen LogP contribution in [0.4, 0.5) is 5.13 Å². The molecule has 102 valence electrons. The zero-order valence-corrected chi connectivity index (χ0v) is 12.7. The summed E-state index contributed by atoms with van der Waals surface area (Å²) in [6, 6.07) is 0. The van der Waals surface area contributed by atoms with E-state index in [-0.39, 0.29) is 5.75 Å². The molecule has 0 aliphatic rings. The molecule has 0 aliphatic carbocycles. The summed E-state index contributed by atoms with van der Waals surface area (Å²) in [5, 5.41) is 20.4. The summed E-state index contributed by atoms with van der Waals surface area (Å²) in [6.45, 7) is 0.895. The number of hydrogen-bond donors (Lipinski definition) is 2. The van der Waals surface area contributed by atoms with Crippen LogP contribution < -0.4 is 5.32 Å². The number of hydrogen-bond acceptors (Lipinski definition) is 7. The van der Waals surface area contributed by atoms with E-state index in [1.807, 2.05) is 11.8 Å². The van der Waals surface area contributed by atoms with Gasteiger partial charge in [-0.3, -0.25) is 4.79 Å². The molecule has 0 fully saturated rings. The van der Waals surface area contributed by atoms with E-state index >= 15 is 0 Å². The fourth-order valence-corrected chi connectivity index (χ4v) is 3.20. The lowest BCUT2D eigenvalue weighted by Gasteiger charge is -2.01. The van der Waals surface area contributed by atoms with Gasteiger partial charge in [-0.05, 0) is 24.9 Å². The summed E-state index contributed by atoms with van der Waals surface area (Å²) < 4.78 is 0.697. The third kappa shape index (κ3) is 7.07. The molecule has 0 aliphatic heterocycles. The van der Waals surface area contributed by atoms with Crippen molar-refractivity contribution in [1.29, 1.82) is 0 Å². The van der Waals surface area contributed by atoms with Gasteiger partial charge in [-0.15, -0.1) is 10.2 Å². The highest BCUT2D eigenvalue weighted by atomic mass is 32.2. The Labute approximate surface area is 119 Å². The molecule has 0 radical (unpaired) electrons. The number of aromatic nitrogens is 2. The molecule has 0 aromatic carbocycles. The third-order valence-electron chi connectivity index (χ3n) is 2.03. The van der Waals surface area contributed by atoms with Crippen LogP contribution in [0.3, 0.4) is 0 Å². The van der Waals surface area contributed by atoms with E-state index in [0.717, 1.165) is 18.1 Å². The van der Waals surface area contributed by atoms with Gasteiger partial charge in [0.1, 0.15) is 0 Å². The number of carbonyl (C=O) groups is 1. The topological polar surface area (TPSA) is 75.1 Å². The average molecular weight is 307 g/mol. The molecule has 5 nitrogen and oxygen atoms in total. The number of nitrogens with one attached hydrogen (secondary N) is 1. The second-order valence-corrected chi connectivity index (χ2v) is 6.72. The Balaban J connectivity index is 2.13. The van der Waals surface area contributed by atoms with Gasteiger partial charge in [0.25, 0.3) is 0 Å². The summed E-state index contributed by atoms with van der Waals surface area (Å²) in [5.74, 6) is 0.413. The molecule has 8 heteroatoms. The van der Waals surface area contributed by atoms with Crippen LogP contribution in [-0.2, 0) is 4.79 Å². The lowest BCUT2D eigenvalue weighted by atomic mass is 10.2. The van der Waals surface area contributed by atoms with Crippen molar-refractivity contribution in [2.75, 3.05) is 29.6 Å². The molecule has 0 bridgehead atoms. The van der Waals surface area contributed by atoms with Crippen molar-refractivity contribution >= 4 is 46.0 Å². The zero-order chi connectivity index (χ0) is 13.2. The van der Waals surface area contributed by atoms with Crippen molar-refractivity contribution in [2.45, 2.75) is 23.6 Å². The van der Waals surface area contributed by atoms with Crippen molar-refractivity contribution in [2.24, 2.45) is 0 Å². The fourth-order valence-electron chi connectivity index (χ4n) is 1.21. The lowest BCUT2D eigenvalue weighted by molar-refractivity contribution is -0.133. The second-order valence-electron chi connectivity index (χ2n) is 3.54. The minimum atomic E-state index is -0.835. The highest BCUT2D eigenvalue weighted by molar-refractivity contribution is 8.01. The molecule has 1 aromatic rings. The smallest absolute Gasteiger partial charge is 0.313 e. The molecule has 0 saturated heterocycles. The van der Waals surface area contributed by atoms with E-state index in [1.54, 1.807) is 0 Å². The van der Waals surface area contributed by atoms with Crippen LogP contribution >= 0.6 is 34.9 Å². The second kappa shape index (κ2) is 9.46. The maximum atomic E-state index is 10.4. The Bertz CT molecular complexity index is 360. The molecule has 0 atom stereocenters. The standard InChI is InChI=1S/C10H17N3O2S3/c1-16-6-4-2-3-5-11-9-12-13-10(18-9)17-7-8(14)15/h2-7H2,1H3,(H,11,12)(H,14,15). The summed E-state index contributed by atoms with van der Waals surface area (Å²) in [6.07, 6.45) is 5.71. The van der Waals surface area contributed by atoms with E-state index < -0.39 is 5.97 Å². The third-order valence-corrected chi connectivity index (χ3v) is 4.72. The highest BCUT2D eigenvalue weighted by Gasteiger charge is 2.06. The Kier molecular flexibility index (Phi) is 8.19. The van der Waals surface area contributed by atoms with E-state index in [4.69, 9.17) is 5.11 Å². The van der Waals surface area contributed by atoms with Crippen LogP contribution in [0, 0.1) is 0 Å². The molecule has 0 saturated carbocycles. The van der Waals surface area contributed by atoms with Crippen molar-refractivity contribution in [3.05, 3.63) is 0 Å². The number of carboxylic acids is 1. The van der Waals surface area contributed by atoms with Crippen LogP contribution in [0.1, 0.15) is 19.3 Å². The molecular formula is C10H17N3O2S3. The first-order valence-corrected chi connectivity index (χ1v) is 8.83. The average Bonchev–Trinajstić information content (AvgIpc) is 2.79. The van der Waals surface area contributed by atoms with Crippen LogP contribution in [0.15, 0.2) is 4.34 Å². The summed E-state index contributed by atoms with van der Waals surface area (Å²) in [7, 11) is 0. The van der Waals surface area contributed by atoms with Gasteiger partial charge in [-0.25, -0.2) is 0 Å². The fraction of sp³-hybridized carbons (Fsp3) is 0.700. The maximum Gasteiger partial charge on any atom is 0.313 e. The number of thioether (sulfide) groups is 2. The molecule has 18 heavy (non-hydrogen) atoms. The van der Waals surface area contributed by atoms with Gasteiger partial charge >= 0.3 is 5.97 Å². The van der Waals surface area contributed by atoms with Crippen molar-refractivity contribution in [1.82, 2.24) is 10.2 Å². The molecule has 1 heterocycles. The van der Waals surface area contributed by atoms with E-state index in [1.165, 1.54) is 41.7 Å². The highest BCUT2D eigenvalue weighted by Crippen LogP contribution is 2.25. The molecular weight excluding hydrogens is 290 g/mol. The number of anilines is 1. The van der Waals surface area contributed by atoms with Crippen LogP contribution in [0.5, 0.6) is 0 Å². The minimum absolute atomic E-state index is 0.0311. The van der Waals surface area contributed by atoms with E-state index in [9.17, 15) is 4.79 Å². The van der Waals surface area contributed by atoms with Crippen LogP contribution in [-0.4, -0.2) is 45.6 Å². The quantitative estimate of drug-likeness (QED) is 0.508. The maximum absolute atomic E-state index is 10.4. The first kappa shape index (κ1) is 15.6. The normalized spacial score (nSPS) is 10.5. The van der Waals surface area contributed by atoms with Gasteiger partial charge in [-0.2, -0.15) is 11.8 Å². The van der Waals surface area contributed by atoms with Gasteiger partial charge in [-0.1, -0.05) is 29.5 Å². The molecule has 0 unspecified atom stereocenters. The van der Waals surface area contributed by atoms with E-state index in [2.05, 4.69) is 21.8 Å². The molecule has 0 amide bonds. The van der Waals surface area contributed by atoms with Crippen LogP contribution in [0.2, 0.25) is 0 Å². The Hall–Kier alpha value is -0.470. The number of carboxylic acid groups (broad SMARTS) is 1. The van der Waals surface area contributed by atoms with Crippen molar-refractivity contribution in [3.8, 4) is 0 Å². The number of aliphatic carboxylic acids is 1. The van der Waals surface area contributed by atoms with Gasteiger partial charge < -0.3 is 10.4 Å². The molecule has 1 aromatic heterocycles.